The lowest BCUT2D eigenvalue weighted by Gasteiger charge is -2.22. The Bertz CT molecular complexity index is 620. The molecule has 2 aromatic carbocycles. The van der Waals surface area contributed by atoms with E-state index in [1.807, 2.05) is 30.3 Å². The molecule has 1 aliphatic heterocycles. The standard InChI is InChI=1S/C16H13F2NO/c17-13-7-4-8-14(18)15(13)16-19-9-12(10-20-16)11-5-2-1-3-6-11/h1-8,12H,9-10H2. The van der Waals surface area contributed by atoms with Gasteiger partial charge in [0.1, 0.15) is 17.2 Å². The third kappa shape index (κ3) is 2.41. The molecule has 0 radical (unpaired) electrons. The van der Waals surface area contributed by atoms with Crippen LogP contribution < -0.4 is 0 Å². The first-order chi connectivity index (χ1) is 9.75. The number of aliphatic imine (C=N–C) groups is 1. The summed E-state index contributed by atoms with van der Waals surface area (Å²) in [6, 6.07) is 13.6. The van der Waals surface area contributed by atoms with Gasteiger partial charge in [0.25, 0.3) is 0 Å². The quantitative estimate of drug-likeness (QED) is 0.820. The molecule has 0 saturated heterocycles. The van der Waals surface area contributed by atoms with Crippen molar-refractivity contribution in [1.29, 1.82) is 0 Å². The van der Waals surface area contributed by atoms with Gasteiger partial charge in [0.15, 0.2) is 0 Å². The van der Waals surface area contributed by atoms with E-state index >= 15 is 0 Å². The topological polar surface area (TPSA) is 21.6 Å². The molecule has 3 rings (SSSR count). The summed E-state index contributed by atoms with van der Waals surface area (Å²) in [5, 5.41) is 0. The summed E-state index contributed by atoms with van der Waals surface area (Å²) < 4.78 is 32.8. The average Bonchev–Trinajstić information content (AvgIpc) is 2.49. The van der Waals surface area contributed by atoms with Gasteiger partial charge in [0.2, 0.25) is 5.90 Å². The SMILES string of the molecule is Fc1cccc(F)c1C1=NCC(c2ccccc2)CO1. The van der Waals surface area contributed by atoms with Crippen LogP contribution >= 0.6 is 0 Å². The summed E-state index contributed by atoms with van der Waals surface area (Å²) in [6.07, 6.45) is 0. The van der Waals surface area contributed by atoms with Gasteiger partial charge in [-0.2, -0.15) is 0 Å². The van der Waals surface area contributed by atoms with Crippen LogP contribution in [-0.4, -0.2) is 19.0 Å². The Kier molecular flexibility index (Phi) is 3.46. The second-order valence-electron chi connectivity index (χ2n) is 4.66. The lowest BCUT2D eigenvalue weighted by atomic mass is 9.99. The second kappa shape index (κ2) is 5.41. The molecule has 2 nitrogen and oxygen atoms in total. The molecule has 0 spiro atoms. The van der Waals surface area contributed by atoms with Gasteiger partial charge in [-0.1, -0.05) is 36.4 Å². The van der Waals surface area contributed by atoms with E-state index in [4.69, 9.17) is 4.74 Å². The maximum atomic E-state index is 13.7. The van der Waals surface area contributed by atoms with E-state index in [-0.39, 0.29) is 17.4 Å². The molecule has 1 heterocycles. The third-order valence-corrected chi connectivity index (χ3v) is 3.32. The van der Waals surface area contributed by atoms with Crippen LogP contribution in [0.25, 0.3) is 0 Å². The van der Waals surface area contributed by atoms with Crippen molar-refractivity contribution in [2.45, 2.75) is 5.92 Å². The molecular formula is C16H13F2NO. The second-order valence-corrected chi connectivity index (χ2v) is 4.66. The van der Waals surface area contributed by atoms with Crippen LogP contribution in [0.3, 0.4) is 0 Å². The molecule has 0 N–H and O–H groups in total. The molecule has 0 bridgehead atoms. The number of hydrogen-bond acceptors (Lipinski definition) is 2. The van der Waals surface area contributed by atoms with Gasteiger partial charge < -0.3 is 4.74 Å². The number of hydrogen-bond donors (Lipinski definition) is 0. The minimum absolute atomic E-state index is 0.0489. The zero-order valence-electron chi connectivity index (χ0n) is 10.7. The highest BCUT2D eigenvalue weighted by molar-refractivity contribution is 5.95. The maximum absolute atomic E-state index is 13.7. The summed E-state index contributed by atoms with van der Waals surface area (Å²) in [7, 11) is 0. The van der Waals surface area contributed by atoms with Crippen molar-refractivity contribution < 1.29 is 13.5 Å². The number of benzene rings is 2. The van der Waals surface area contributed by atoms with Crippen LogP contribution in [0.1, 0.15) is 17.0 Å². The van der Waals surface area contributed by atoms with Crippen LogP contribution in [0.5, 0.6) is 0 Å². The lowest BCUT2D eigenvalue weighted by Crippen LogP contribution is -2.24. The number of ether oxygens (including phenoxy) is 1. The van der Waals surface area contributed by atoms with Crippen LogP contribution in [0.15, 0.2) is 53.5 Å². The molecule has 0 amide bonds. The summed E-state index contributed by atoms with van der Waals surface area (Å²) >= 11 is 0. The van der Waals surface area contributed by atoms with Crippen molar-refractivity contribution in [1.82, 2.24) is 0 Å². The van der Waals surface area contributed by atoms with Crippen molar-refractivity contribution in [3.63, 3.8) is 0 Å². The van der Waals surface area contributed by atoms with E-state index in [9.17, 15) is 8.78 Å². The molecule has 1 aliphatic rings. The Hall–Kier alpha value is -2.23. The maximum Gasteiger partial charge on any atom is 0.222 e. The molecule has 0 saturated carbocycles. The Morgan fingerprint density at radius 1 is 0.950 bits per heavy atom. The number of halogens is 2. The number of nitrogens with zero attached hydrogens (tertiary/aromatic N) is 1. The first kappa shape index (κ1) is 12.8. The van der Waals surface area contributed by atoms with Crippen molar-refractivity contribution in [2.24, 2.45) is 4.99 Å². The minimum atomic E-state index is -0.651. The van der Waals surface area contributed by atoms with Crippen LogP contribution in [0.2, 0.25) is 0 Å². The summed E-state index contributed by atoms with van der Waals surface area (Å²) in [6.45, 7) is 0.837. The van der Waals surface area contributed by atoms with E-state index in [2.05, 4.69) is 4.99 Å². The molecule has 20 heavy (non-hydrogen) atoms. The van der Waals surface area contributed by atoms with Crippen molar-refractivity contribution >= 4 is 5.90 Å². The lowest BCUT2D eigenvalue weighted by molar-refractivity contribution is 0.257. The van der Waals surface area contributed by atoms with Crippen LogP contribution in [-0.2, 0) is 4.74 Å². The van der Waals surface area contributed by atoms with Gasteiger partial charge in [0, 0.05) is 5.92 Å². The Balaban J connectivity index is 1.84. The molecule has 0 aliphatic carbocycles. The minimum Gasteiger partial charge on any atom is -0.477 e. The summed E-state index contributed by atoms with van der Waals surface area (Å²) in [5.41, 5.74) is 0.934. The van der Waals surface area contributed by atoms with Gasteiger partial charge in [0.05, 0.1) is 13.2 Å². The summed E-state index contributed by atoms with van der Waals surface area (Å²) in [4.78, 5) is 4.19. The van der Waals surface area contributed by atoms with Crippen LogP contribution in [0.4, 0.5) is 8.78 Å². The van der Waals surface area contributed by atoms with Gasteiger partial charge >= 0.3 is 0 Å². The van der Waals surface area contributed by atoms with Gasteiger partial charge in [-0.25, -0.2) is 8.78 Å². The molecule has 102 valence electrons. The Labute approximate surface area is 115 Å². The average molecular weight is 273 g/mol. The van der Waals surface area contributed by atoms with Gasteiger partial charge in [-0.05, 0) is 17.7 Å². The predicted octanol–water partition coefficient (Wildman–Crippen LogP) is 3.53. The van der Waals surface area contributed by atoms with E-state index in [1.165, 1.54) is 18.2 Å². The monoisotopic (exact) mass is 273 g/mol. The molecule has 4 heteroatoms. The molecule has 2 aromatic rings. The fourth-order valence-corrected chi connectivity index (χ4v) is 2.25. The van der Waals surface area contributed by atoms with E-state index in [0.717, 1.165) is 5.56 Å². The fourth-order valence-electron chi connectivity index (χ4n) is 2.25. The van der Waals surface area contributed by atoms with Crippen molar-refractivity contribution in [2.75, 3.05) is 13.2 Å². The van der Waals surface area contributed by atoms with Gasteiger partial charge in [-0.3, -0.25) is 4.99 Å². The highest BCUT2D eigenvalue weighted by Gasteiger charge is 2.23. The summed E-state index contributed by atoms with van der Waals surface area (Å²) in [5.74, 6) is -1.13. The largest absolute Gasteiger partial charge is 0.477 e. The normalized spacial score (nSPS) is 18.3. The highest BCUT2D eigenvalue weighted by Crippen LogP contribution is 2.23. The first-order valence-electron chi connectivity index (χ1n) is 6.42. The van der Waals surface area contributed by atoms with Crippen molar-refractivity contribution in [3.8, 4) is 0 Å². The first-order valence-corrected chi connectivity index (χ1v) is 6.42. The Morgan fingerprint density at radius 3 is 2.25 bits per heavy atom. The third-order valence-electron chi connectivity index (χ3n) is 3.32. The molecule has 1 unspecified atom stereocenters. The molecule has 1 atom stereocenters. The zero-order valence-corrected chi connectivity index (χ0v) is 10.7. The smallest absolute Gasteiger partial charge is 0.222 e. The Morgan fingerprint density at radius 2 is 1.65 bits per heavy atom. The molecular weight excluding hydrogens is 260 g/mol. The number of rotatable bonds is 2. The van der Waals surface area contributed by atoms with Crippen LogP contribution in [0, 0.1) is 11.6 Å². The van der Waals surface area contributed by atoms with Crippen molar-refractivity contribution in [3.05, 3.63) is 71.3 Å². The molecule has 0 aromatic heterocycles. The molecule has 0 fully saturated rings. The van der Waals surface area contributed by atoms with Gasteiger partial charge in [-0.15, -0.1) is 0 Å². The zero-order chi connectivity index (χ0) is 13.9. The van der Waals surface area contributed by atoms with E-state index < -0.39 is 11.6 Å². The fraction of sp³-hybridized carbons (Fsp3) is 0.188. The predicted molar refractivity (Wildman–Crippen MR) is 72.9 cm³/mol. The highest BCUT2D eigenvalue weighted by atomic mass is 19.1. The van der Waals surface area contributed by atoms with E-state index in [1.54, 1.807) is 0 Å². The van der Waals surface area contributed by atoms with E-state index in [0.29, 0.717) is 13.2 Å².